The summed E-state index contributed by atoms with van der Waals surface area (Å²) in [5.41, 5.74) is 6.83. The number of pyridine rings is 1. The minimum Gasteiger partial charge on any atom is -0.494 e. The number of ether oxygens (including phenoxy) is 1. The van der Waals surface area contributed by atoms with Crippen molar-refractivity contribution in [1.29, 1.82) is 0 Å². The number of aromatic nitrogens is 1. The molecule has 0 saturated carbocycles. The topological polar surface area (TPSA) is 48.1 Å². The molecule has 0 aliphatic heterocycles. The van der Waals surface area contributed by atoms with Gasteiger partial charge in [0.25, 0.3) is 0 Å². The molecule has 0 aliphatic rings. The number of nitrogens with two attached hydrogens (primary N) is 1. The molecule has 0 saturated heterocycles. The van der Waals surface area contributed by atoms with Crippen LogP contribution in [0.2, 0.25) is 0 Å². The second kappa shape index (κ2) is 6.77. The number of hydrogen-bond donors (Lipinski definition) is 1. The Hall–Kier alpha value is -1.87. The number of hydrogen-bond acceptors (Lipinski definition) is 3. The first-order valence-electron chi connectivity index (χ1n) is 6.19. The van der Waals surface area contributed by atoms with Gasteiger partial charge in [0.15, 0.2) is 0 Å². The molecule has 0 fully saturated rings. The predicted molar refractivity (Wildman–Crippen MR) is 72.6 cm³/mol. The van der Waals surface area contributed by atoms with Crippen LogP contribution in [-0.2, 0) is 0 Å². The van der Waals surface area contributed by atoms with Gasteiger partial charge < -0.3 is 10.5 Å². The summed E-state index contributed by atoms with van der Waals surface area (Å²) in [5.74, 6) is 1.16. The van der Waals surface area contributed by atoms with E-state index < -0.39 is 0 Å². The Labute approximate surface area is 108 Å². The summed E-state index contributed by atoms with van der Waals surface area (Å²) in [4.78, 5) is 4.34. The lowest BCUT2D eigenvalue weighted by Crippen LogP contribution is -2.16. The van der Waals surface area contributed by atoms with E-state index in [2.05, 4.69) is 4.98 Å². The van der Waals surface area contributed by atoms with E-state index in [1.165, 1.54) is 0 Å². The van der Waals surface area contributed by atoms with Crippen LogP contribution in [0.3, 0.4) is 0 Å². The van der Waals surface area contributed by atoms with Crippen molar-refractivity contribution in [3.05, 3.63) is 60.4 Å². The van der Waals surface area contributed by atoms with Crippen LogP contribution >= 0.6 is 0 Å². The van der Waals surface area contributed by atoms with Gasteiger partial charge in [-0.2, -0.15) is 0 Å². The third-order valence-electron chi connectivity index (χ3n) is 2.87. The van der Waals surface area contributed by atoms with Crippen LogP contribution in [0.25, 0.3) is 0 Å². The molecular formula is C15H18N2O. The van der Waals surface area contributed by atoms with Gasteiger partial charge in [-0.05, 0) is 30.7 Å². The van der Waals surface area contributed by atoms with Crippen molar-refractivity contribution in [2.24, 2.45) is 5.73 Å². The van der Waals surface area contributed by atoms with E-state index in [0.29, 0.717) is 13.2 Å². The second-order valence-corrected chi connectivity index (χ2v) is 4.14. The van der Waals surface area contributed by atoms with Gasteiger partial charge in [-0.1, -0.05) is 24.3 Å². The van der Waals surface area contributed by atoms with Gasteiger partial charge in [-0.15, -0.1) is 0 Å². The first kappa shape index (κ1) is 12.6. The van der Waals surface area contributed by atoms with Gasteiger partial charge in [0.1, 0.15) is 5.75 Å². The fourth-order valence-corrected chi connectivity index (χ4v) is 1.84. The normalized spacial score (nSPS) is 12.1. The highest BCUT2D eigenvalue weighted by Gasteiger charge is 2.10. The van der Waals surface area contributed by atoms with E-state index in [9.17, 15) is 0 Å². The number of benzene rings is 1. The molecule has 2 aromatic rings. The lowest BCUT2D eigenvalue weighted by Gasteiger charge is -2.14. The lowest BCUT2D eigenvalue weighted by molar-refractivity contribution is 0.297. The standard InChI is InChI=1S/C15H18N2O/c16-12-13(15-8-4-5-10-17-15)9-11-18-14-6-2-1-3-7-14/h1-8,10,13H,9,11-12,16H2. The maximum atomic E-state index is 5.79. The highest BCUT2D eigenvalue weighted by atomic mass is 16.5. The molecule has 1 atom stereocenters. The van der Waals surface area contributed by atoms with Crippen LogP contribution in [-0.4, -0.2) is 18.1 Å². The van der Waals surface area contributed by atoms with E-state index in [-0.39, 0.29) is 5.92 Å². The Balaban J connectivity index is 1.85. The Morgan fingerprint density at radius 3 is 2.50 bits per heavy atom. The monoisotopic (exact) mass is 242 g/mol. The van der Waals surface area contributed by atoms with Crippen molar-refractivity contribution in [2.45, 2.75) is 12.3 Å². The summed E-state index contributed by atoms with van der Waals surface area (Å²) < 4.78 is 5.68. The molecule has 0 bridgehead atoms. The Kier molecular flexibility index (Phi) is 4.73. The molecule has 2 N–H and O–H groups in total. The molecule has 94 valence electrons. The van der Waals surface area contributed by atoms with Crippen molar-refractivity contribution in [3.63, 3.8) is 0 Å². The van der Waals surface area contributed by atoms with Gasteiger partial charge in [-0.25, -0.2) is 0 Å². The minimum atomic E-state index is 0.259. The fraction of sp³-hybridized carbons (Fsp3) is 0.267. The molecule has 0 radical (unpaired) electrons. The molecular weight excluding hydrogens is 224 g/mol. The zero-order valence-electron chi connectivity index (χ0n) is 10.3. The predicted octanol–water partition coefficient (Wildman–Crippen LogP) is 2.59. The molecule has 0 spiro atoms. The van der Waals surface area contributed by atoms with Crippen molar-refractivity contribution < 1.29 is 4.74 Å². The SMILES string of the molecule is NCC(CCOc1ccccc1)c1ccccn1. The quantitative estimate of drug-likeness (QED) is 0.847. The van der Waals surface area contributed by atoms with Crippen molar-refractivity contribution in [2.75, 3.05) is 13.2 Å². The van der Waals surface area contributed by atoms with E-state index in [0.717, 1.165) is 17.9 Å². The van der Waals surface area contributed by atoms with E-state index in [1.54, 1.807) is 6.20 Å². The molecule has 18 heavy (non-hydrogen) atoms. The van der Waals surface area contributed by atoms with Crippen LogP contribution in [0, 0.1) is 0 Å². The summed E-state index contributed by atoms with van der Waals surface area (Å²) in [5, 5.41) is 0. The average molecular weight is 242 g/mol. The third kappa shape index (κ3) is 3.57. The van der Waals surface area contributed by atoms with E-state index in [1.807, 2.05) is 48.5 Å². The molecule has 1 aromatic heterocycles. The first-order valence-corrected chi connectivity index (χ1v) is 6.19. The average Bonchev–Trinajstić information content (AvgIpc) is 2.46. The maximum absolute atomic E-state index is 5.79. The molecule has 1 aromatic carbocycles. The van der Waals surface area contributed by atoms with Crippen LogP contribution in [0.15, 0.2) is 54.7 Å². The Morgan fingerprint density at radius 1 is 1.06 bits per heavy atom. The Bertz CT molecular complexity index is 445. The highest BCUT2D eigenvalue weighted by molar-refractivity contribution is 5.21. The highest BCUT2D eigenvalue weighted by Crippen LogP contribution is 2.17. The van der Waals surface area contributed by atoms with Gasteiger partial charge >= 0.3 is 0 Å². The Morgan fingerprint density at radius 2 is 1.83 bits per heavy atom. The van der Waals surface area contributed by atoms with Crippen molar-refractivity contribution >= 4 is 0 Å². The smallest absolute Gasteiger partial charge is 0.119 e. The summed E-state index contributed by atoms with van der Waals surface area (Å²) >= 11 is 0. The summed E-state index contributed by atoms with van der Waals surface area (Å²) in [6, 6.07) is 15.7. The first-order chi connectivity index (χ1) is 8.90. The molecule has 2 rings (SSSR count). The third-order valence-corrected chi connectivity index (χ3v) is 2.87. The van der Waals surface area contributed by atoms with E-state index >= 15 is 0 Å². The maximum Gasteiger partial charge on any atom is 0.119 e. The van der Waals surface area contributed by atoms with Gasteiger partial charge in [0.05, 0.1) is 6.61 Å². The number of rotatable bonds is 6. The van der Waals surface area contributed by atoms with Crippen molar-refractivity contribution in [1.82, 2.24) is 4.98 Å². The largest absolute Gasteiger partial charge is 0.494 e. The van der Waals surface area contributed by atoms with Gasteiger partial charge in [0, 0.05) is 24.4 Å². The summed E-state index contributed by atoms with van der Waals surface area (Å²) in [6.45, 7) is 1.25. The molecule has 3 heteroatoms. The lowest BCUT2D eigenvalue weighted by atomic mass is 10.0. The van der Waals surface area contributed by atoms with Crippen molar-refractivity contribution in [3.8, 4) is 5.75 Å². The minimum absolute atomic E-state index is 0.259. The molecule has 1 heterocycles. The molecule has 1 unspecified atom stereocenters. The van der Waals surface area contributed by atoms with Crippen LogP contribution < -0.4 is 10.5 Å². The second-order valence-electron chi connectivity index (χ2n) is 4.14. The molecule has 3 nitrogen and oxygen atoms in total. The zero-order valence-corrected chi connectivity index (χ0v) is 10.3. The number of nitrogens with zero attached hydrogens (tertiary/aromatic N) is 1. The van der Waals surface area contributed by atoms with Crippen LogP contribution in [0.4, 0.5) is 0 Å². The summed E-state index contributed by atoms with van der Waals surface area (Å²) in [6.07, 6.45) is 2.68. The number of para-hydroxylation sites is 1. The van der Waals surface area contributed by atoms with Gasteiger partial charge in [-0.3, -0.25) is 4.98 Å². The van der Waals surface area contributed by atoms with E-state index in [4.69, 9.17) is 10.5 Å². The summed E-state index contributed by atoms with van der Waals surface area (Å²) in [7, 11) is 0. The van der Waals surface area contributed by atoms with Crippen LogP contribution in [0.5, 0.6) is 5.75 Å². The molecule has 0 aliphatic carbocycles. The van der Waals surface area contributed by atoms with Gasteiger partial charge in [0.2, 0.25) is 0 Å². The fourth-order valence-electron chi connectivity index (χ4n) is 1.84. The molecule has 0 amide bonds. The van der Waals surface area contributed by atoms with Crippen LogP contribution in [0.1, 0.15) is 18.0 Å². The zero-order chi connectivity index (χ0) is 12.6.